The summed E-state index contributed by atoms with van der Waals surface area (Å²) in [5.41, 5.74) is 3.21. The number of hydrogen-bond acceptors (Lipinski definition) is 6. The van der Waals surface area contributed by atoms with E-state index in [1.54, 1.807) is 0 Å². The van der Waals surface area contributed by atoms with Crippen LogP contribution in [0.1, 0.15) is 75.5 Å². The minimum Gasteiger partial charge on any atom is -0.490 e. The minimum atomic E-state index is -3.54. The van der Waals surface area contributed by atoms with Crippen LogP contribution in [0.4, 0.5) is 0 Å². The Bertz CT molecular complexity index is 1080. The third kappa shape index (κ3) is 7.31. The molecule has 4 unspecified atom stereocenters. The van der Waals surface area contributed by atoms with Crippen LogP contribution in [0.15, 0.2) is 42.5 Å². The van der Waals surface area contributed by atoms with E-state index in [-0.39, 0.29) is 30.5 Å². The zero-order valence-corrected chi connectivity index (χ0v) is 21.6. The quantitative estimate of drug-likeness (QED) is 0.246. The van der Waals surface area contributed by atoms with Crippen LogP contribution in [0.2, 0.25) is 0 Å². The summed E-state index contributed by atoms with van der Waals surface area (Å²) in [4.78, 5) is 11.9. The van der Waals surface area contributed by atoms with Crippen molar-refractivity contribution in [2.24, 2.45) is 5.92 Å². The molecule has 0 bridgehead atoms. The third-order valence-electron chi connectivity index (χ3n) is 6.41. The Balaban J connectivity index is 1.85. The second-order valence-corrected chi connectivity index (χ2v) is 11.2. The number of fused-ring (bicyclic) bond motifs is 1. The van der Waals surface area contributed by atoms with Gasteiger partial charge in [-0.1, -0.05) is 44.2 Å². The summed E-state index contributed by atoms with van der Waals surface area (Å²) in [7, 11) is -3.54. The Morgan fingerprint density at radius 1 is 1.18 bits per heavy atom. The molecule has 0 amide bonds. The number of ether oxygens (including phenoxy) is 2. The molecule has 0 aromatic heterocycles. The first-order chi connectivity index (χ1) is 16.0. The third-order valence-corrected chi connectivity index (χ3v) is 6.98. The van der Waals surface area contributed by atoms with E-state index in [9.17, 15) is 13.2 Å². The van der Waals surface area contributed by atoms with Crippen LogP contribution in [0.3, 0.4) is 0 Å². The number of carbonyl (C=O) groups excluding carboxylic acids is 1. The van der Waals surface area contributed by atoms with E-state index >= 15 is 0 Å². The zero-order chi connectivity index (χ0) is 24.9. The highest BCUT2D eigenvalue weighted by molar-refractivity contribution is 7.85. The fourth-order valence-corrected chi connectivity index (χ4v) is 5.10. The molecule has 0 spiro atoms. The predicted molar refractivity (Wildman–Crippen MR) is 133 cm³/mol. The van der Waals surface area contributed by atoms with Crippen molar-refractivity contribution < 1.29 is 26.9 Å². The monoisotopic (exact) mass is 488 g/mol. The van der Waals surface area contributed by atoms with E-state index in [2.05, 4.69) is 37.3 Å². The SMILES string of the molecule is CC(=O)Oc1cc(C(C)CCCc2ccccc2)cc2c1C(C(C)COS(C)(=O)=O)CC(C)O2. The standard InChI is InChI=1S/C27H36O6S/c1-18(10-9-13-22-11-7-6-8-12-22)23-15-25-27(26(16-23)33-21(4)28)24(14-20(3)32-25)19(2)17-31-34(5,29)30/h6-8,11-12,15-16,18-20,24H,9-10,13-14,17H2,1-5H3. The van der Waals surface area contributed by atoms with Crippen LogP contribution >= 0.6 is 0 Å². The maximum atomic E-state index is 11.9. The average Bonchev–Trinajstić information content (AvgIpc) is 2.76. The number of carbonyl (C=O) groups is 1. The highest BCUT2D eigenvalue weighted by atomic mass is 32.2. The molecule has 1 aliphatic rings. The van der Waals surface area contributed by atoms with Gasteiger partial charge in [0.1, 0.15) is 11.5 Å². The van der Waals surface area contributed by atoms with Crippen molar-refractivity contribution in [1.29, 1.82) is 0 Å². The maximum Gasteiger partial charge on any atom is 0.308 e. The lowest BCUT2D eigenvalue weighted by molar-refractivity contribution is -0.132. The molecule has 6 nitrogen and oxygen atoms in total. The number of aryl methyl sites for hydroxylation is 1. The van der Waals surface area contributed by atoms with Gasteiger partial charge < -0.3 is 9.47 Å². The van der Waals surface area contributed by atoms with Gasteiger partial charge in [0.05, 0.1) is 19.0 Å². The van der Waals surface area contributed by atoms with Crippen molar-refractivity contribution in [2.45, 2.75) is 71.3 Å². The molecule has 2 aromatic rings. The van der Waals surface area contributed by atoms with Crippen molar-refractivity contribution in [3.8, 4) is 11.5 Å². The van der Waals surface area contributed by atoms with Crippen molar-refractivity contribution in [3.05, 3.63) is 59.2 Å². The molecule has 0 aliphatic carbocycles. The summed E-state index contributed by atoms with van der Waals surface area (Å²) < 4.78 is 40.0. The number of hydrogen-bond donors (Lipinski definition) is 0. The van der Waals surface area contributed by atoms with Crippen LogP contribution in [-0.4, -0.2) is 33.4 Å². The van der Waals surface area contributed by atoms with E-state index in [0.717, 1.165) is 36.6 Å². The first-order valence-corrected chi connectivity index (χ1v) is 13.8. The largest absolute Gasteiger partial charge is 0.490 e. The van der Waals surface area contributed by atoms with Gasteiger partial charge in [0.15, 0.2) is 0 Å². The Morgan fingerprint density at radius 2 is 1.88 bits per heavy atom. The molecular formula is C27H36O6S. The smallest absolute Gasteiger partial charge is 0.308 e. The van der Waals surface area contributed by atoms with Crippen molar-refractivity contribution >= 4 is 16.1 Å². The van der Waals surface area contributed by atoms with Gasteiger partial charge in [-0.25, -0.2) is 0 Å². The Morgan fingerprint density at radius 3 is 2.53 bits per heavy atom. The van der Waals surface area contributed by atoms with Crippen molar-refractivity contribution in [2.75, 3.05) is 12.9 Å². The topological polar surface area (TPSA) is 78.9 Å². The highest BCUT2D eigenvalue weighted by Crippen LogP contribution is 2.47. The van der Waals surface area contributed by atoms with Gasteiger partial charge in [-0.15, -0.1) is 0 Å². The first-order valence-electron chi connectivity index (χ1n) is 11.9. The van der Waals surface area contributed by atoms with E-state index in [1.807, 2.05) is 26.0 Å². The molecule has 7 heteroatoms. The lowest BCUT2D eigenvalue weighted by atomic mass is 9.79. The molecule has 1 aliphatic heterocycles. The second kappa shape index (κ2) is 11.4. The van der Waals surface area contributed by atoms with Crippen LogP contribution < -0.4 is 9.47 Å². The van der Waals surface area contributed by atoms with E-state index in [1.165, 1.54) is 12.5 Å². The average molecular weight is 489 g/mol. The lowest BCUT2D eigenvalue weighted by Crippen LogP contribution is -2.29. The van der Waals surface area contributed by atoms with Gasteiger partial charge in [-0.2, -0.15) is 8.42 Å². The maximum absolute atomic E-state index is 11.9. The number of esters is 1. The second-order valence-electron chi connectivity index (χ2n) is 9.54. The Labute approximate surface area is 203 Å². The molecule has 3 rings (SSSR count). The zero-order valence-electron chi connectivity index (χ0n) is 20.7. The van der Waals surface area contributed by atoms with Gasteiger partial charge in [0, 0.05) is 12.5 Å². The fraction of sp³-hybridized carbons (Fsp3) is 0.519. The highest BCUT2D eigenvalue weighted by Gasteiger charge is 2.34. The van der Waals surface area contributed by atoms with E-state index < -0.39 is 16.1 Å². The number of rotatable bonds is 10. The van der Waals surface area contributed by atoms with Gasteiger partial charge in [0.25, 0.3) is 10.1 Å². The summed E-state index contributed by atoms with van der Waals surface area (Å²) in [5.74, 6) is 0.902. The molecule has 0 N–H and O–H groups in total. The van der Waals surface area contributed by atoms with Crippen LogP contribution in [-0.2, 0) is 25.5 Å². The first kappa shape index (κ1) is 26.2. The van der Waals surface area contributed by atoms with Gasteiger partial charge in [-0.05, 0) is 73.6 Å². The van der Waals surface area contributed by atoms with E-state index in [0.29, 0.717) is 17.9 Å². The fourth-order valence-electron chi connectivity index (χ4n) is 4.64. The summed E-state index contributed by atoms with van der Waals surface area (Å²) in [5, 5.41) is 0. The van der Waals surface area contributed by atoms with E-state index in [4.69, 9.17) is 13.7 Å². The molecule has 186 valence electrons. The molecule has 0 fully saturated rings. The van der Waals surface area contributed by atoms with Crippen molar-refractivity contribution in [1.82, 2.24) is 0 Å². The molecule has 1 heterocycles. The molecule has 2 aromatic carbocycles. The summed E-state index contributed by atoms with van der Waals surface area (Å²) >= 11 is 0. The predicted octanol–water partition coefficient (Wildman–Crippen LogP) is 5.61. The van der Waals surface area contributed by atoms with Gasteiger partial charge in [0.2, 0.25) is 0 Å². The van der Waals surface area contributed by atoms with Crippen molar-refractivity contribution in [3.63, 3.8) is 0 Å². The lowest BCUT2D eigenvalue weighted by Gasteiger charge is -2.35. The van der Waals surface area contributed by atoms with Gasteiger partial charge >= 0.3 is 5.97 Å². The molecular weight excluding hydrogens is 452 g/mol. The Hall–Kier alpha value is -2.38. The Kier molecular flexibility index (Phi) is 8.77. The van der Waals surface area contributed by atoms with Crippen LogP contribution in [0.25, 0.3) is 0 Å². The molecule has 34 heavy (non-hydrogen) atoms. The molecule has 0 radical (unpaired) electrons. The molecule has 0 saturated heterocycles. The number of benzene rings is 2. The van der Waals surface area contributed by atoms with Gasteiger partial charge in [-0.3, -0.25) is 8.98 Å². The summed E-state index contributed by atoms with van der Waals surface area (Å²) in [6.45, 7) is 7.58. The minimum absolute atomic E-state index is 0.0491. The van der Waals surface area contributed by atoms with Crippen LogP contribution in [0, 0.1) is 5.92 Å². The molecule has 0 saturated carbocycles. The van der Waals surface area contributed by atoms with Crippen LogP contribution in [0.5, 0.6) is 11.5 Å². The summed E-state index contributed by atoms with van der Waals surface area (Å²) in [6.07, 6.45) is 4.74. The summed E-state index contributed by atoms with van der Waals surface area (Å²) in [6, 6.07) is 14.4. The normalized spacial score (nSPS) is 19.6. The molecule has 4 atom stereocenters.